The maximum Gasteiger partial charge on any atom is 0.211 e. The number of nitrogens with zero attached hydrogens (tertiary/aromatic N) is 2. The molecule has 2 rings (SSSR count). The largest absolute Gasteiger partial charge is 0.367 e. The van der Waals surface area contributed by atoms with Crippen LogP contribution >= 0.6 is 11.8 Å². The standard InChI is InChI=1S/C12H22N2O2S2/c1-12(2,3)11-8-13(9-17-11)5-10-6-14(7-10)18(4,15)16/h8,10H,5-7,9H2,1-4H3. The number of rotatable bonds is 3. The van der Waals surface area contributed by atoms with Gasteiger partial charge in [0.2, 0.25) is 10.0 Å². The summed E-state index contributed by atoms with van der Waals surface area (Å²) >= 11 is 1.90. The molecule has 0 aliphatic carbocycles. The van der Waals surface area contributed by atoms with Gasteiger partial charge in [-0.25, -0.2) is 12.7 Å². The average Bonchev–Trinajstić information content (AvgIpc) is 2.55. The second-order valence-corrected chi connectivity index (χ2v) is 9.20. The van der Waals surface area contributed by atoms with E-state index in [0.29, 0.717) is 19.0 Å². The summed E-state index contributed by atoms with van der Waals surface area (Å²) in [5.41, 5.74) is 0.220. The fraction of sp³-hybridized carbons (Fsp3) is 0.833. The van der Waals surface area contributed by atoms with Crippen molar-refractivity contribution in [2.45, 2.75) is 20.8 Å². The molecule has 1 saturated heterocycles. The van der Waals surface area contributed by atoms with Crippen LogP contribution in [0.5, 0.6) is 0 Å². The zero-order valence-corrected chi connectivity index (χ0v) is 13.1. The van der Waals surface area contributed by atoms with Crippen molar-refractivity contribution in [3.05, 3.63) is 11.1 Å². The van der Waals surface area contributed by atoms with Gasteiger partial charge in [-0.15, -0.1) is 11.8 Å². The summed E-state index contributed by atoms with van der Waals surface area (Å²) in [6.07, 6.45) is 3.53. The van der Waals surface area contributed by atoms with Gasteiger partial charge in [0.05, 0.1) is 12.1 Å². The lowest BCUT2D eigenvalue weighted by molar-refractivity contribution is 0.167. The Morgan fingerprint density at radius 3 is 2.44 bits per heavy atom. The fourth-order valence-electron chi connectivity index (χ4n) is 2.15. The average molecular weight is 290 g/mol. The topological polar surface area (TPSA) is 40.6 Å². The predicted octanol–water partition coefficient (Wildman–Crippen LogP) is 1.77. The van der Waals surface area contributed by atoms with Crippen LogP contribution in [0.1, 0.15) is 20.8 Å². The van der Waals surface area contributed by atoms with E-state index in [-0.39, 0.29) is 5.41 Å². The lowest BCUT2D eigenvalue weighted by atomic mass is 9.96. The van der Waals surface area contributed by atoms with Gasteiger partial charge in [0.15, 0.2) is 0 Å². The third-order valence-electron chi connectivity index (χ3n) is 3.31. The van der Waals surface area contributed by atoms with E-state index in [4.69, 9.17) is 0 Å². The van der Waals surface area contributed by atoms with E-state index in [1.165, 1.54) is 11.2 Å². The van der Waals surface area contributed by atoms with Gasteiger partial charge in [-0.1, -0.05) is 20.8 Å². The van der Waals surface area contributed by atoms with Crippen LogP contribution in [0.4, 0.5) is 0 Å². The quantitative estimate of drug-likeness (QED) is 0.794. The Balaban J connectivity index is 1.83. The van der Waals surface area contributed by atoms with E-state index in [1.54, 1.807) is 4.31 Å². The molecule has 1 fully saturated rings. The van der Waals surface area contributed by atoms with E-state index >= 15 is 0 Å². The highest BCUT2D eigenvalue weighted by Gasteiger charge is 2.35. The van der Waals surface area contributed by atoms with Crippen molar-refractivity contribution in [2.24, 2.45) is 11.3 Å². The van der Waals surface area contributed by atoms with Crippen molar-refractivity contribution in [1.29, 1.82) is 0 Å². The van der Waals surface area contributed by atoms with Crippen LogP contribution in [-0.4, -0.2) is 49.4 Å². The summed E-state index contributed by atoms with van der Waals surface area (Å²) in [6.45, 7) is 9.01. The van der Waals surface area contributed by atoms with Crippen LogP contribution in [0.3, 0.4) is 0 Å². The zero-order chi connectivity index (χ0) is 13.6. The first-order valence-electron chi connectivity index (χ1n) is 6.20. The maximum absolute atomic E-state index is 11.3. The molecule has 0 aromatic rings. The van der Waals surface area contributed by atoms with Gasteiger partial charge in [0.25, 0.3) is 0 Å². The maximum atomic E-state index is 11.3. The molecule has 2 aliphatic rings. The highest BCUT2D eigenvalue weighted by atomic mass is 32.2. The van der Waals surface area contributed by atoms with Crippen molar-refractivity contribution in [1.82, 2.24) is 9.21 Å². The van der Waals surface area contributed by atoms with E-state index in [2.05, 4.69) is 31.9 Å². The smallest absolute Gasteiger partial charge is 0.211 e. The molecular formula is C12H22N2O2S2. The first kappa shape index (κ1) is 14.2. The van der Waals surface area contributed by atoms with Gasteiger partial charge in [0, 0.05) is 36.7 Å². The van der Waals surface area contributed by atoms with Gasteiger partial charge < -0.3 is 4.90 Å². The summed E-state index contributed by atoms with van der Waals surface area (Å²) in [5, 5.41) is 0. The Bertz CT molecular complexity index is 445. The first-order valence-corrected chi connectivity index (χ1v) is 9.04. The molecule has 104 valence electrons. The molecule has 0 aromatic carbocycles. The molecule has 4 nitrogen and oxygen atoms in total. The fourth-order valence-corrected chi connectivity index (χ4v) is 4.25. The SMILES string of the molecule is CC(C)(C)C1=CN(CC2CN(S(C)(=O)=O)C2)CS1. The molecule has 0 saturated carbocycles. The monoisotopic (exact) mass is 290 g/mol. The molecule has 0 atom stereocenters. The van der Waals surface area contributed by atoms with E-state index in [9.17, 15) is 8.42 Å². The van der Waals surface area contributed by atoms with Gasteiger partial charge >= 0.3 is 0 Å². The molecule has 2 heterocycles. The Kier molecular flexibility index (Phi) is 3.73. The minimum atomic E-state index is -2.97. The molecule has 6 heteroatoms. The summed E-state index contributed by atoms with van der Waals surface area (Å²) in [4.78, 5) is 3.73. The molecule has 0 radical (unpaired) electrons. The van der Waals surface area contributed by atoms with Crippen LogP contribution in [0.2, 0.25) is 0 Å². The number of hydrogen-bond acceptors (Lipinski definition) is 4. The van der Waals surface area contributed by atoms with Crippen molar-refractivity contribution in [3.63, 3.8) is 0 Å². The third kappa shape index (κ3) is 3.22. The van der Waals surface area contributed by atoms with Crippen molar-refractivity contribution >= 4 is 21.8 Å². The lowest BCUT2D eigenvalue weighted by Crippen LogP contribution is -2.52. The number of thioether (sulfide) groups is 1. The van der Waals surface area contributed by atoms with Crippen molar-refractivity contribution in [3.8, 4) is 0 Å². The van der Waals surface area contributed by atoms with E-state index < -0.39 is 10.0 Å². The van der Waals surface area contributed by atoms with E-state index in [0.717, 1.165) is 12.4 Å². The Morgan fingerprint density at radius 1 is 1.39 bits per heavy atom. The van der Waals surface area contributed by atoms with Crippen LogP contribution in [0, 0.1) is 11.3 Å². The summed E-state index contributed by atoms with van der Waals surface area (Å²) in [7, 11) is -2.97. The second-order valence-electron chi connectivity index (χ2n) is 6.23. The normalized spacial score (nSPS) is 23.1. The van der Waals surface area contributed by atoms with Gasteiger partial charge in [-0.2, -0.15) is 0 Å². The predicted molar refractivity (Wildman–Crippen MR) is 76.6 cm³/mol. The highest BCUT2D eigenvalue weighted by molar-refractivity contribution is 8.03. The van der Waals surface area contributed by atoms with Crippen LogP contribution in [0.15, 0.2) is 11.1 Å². The van der Waals surface area contributed by atoms with Crippen LogP contribution in [0.25, 0.3) is 0 Å². The second kappa shape index (κ2) is 4.72. The minimum Gasteiger partial charge on any atom is -0.367 e. The molecule has 0 amide bonds. The molecule has 0 aromatic heterocycles. The molecule has 18 heavy (non-hydrogen) atoms. The van der Waals surface area contributed by atoms with Gasteiger partial charge in [-0.3, -0.25) is 0 Å². The van der Waals surface area contributed by atoms with Gasteiger partial charge in [0.1, 0.15) is 0 Å². The van der Waals surface area contributed by atoms with Crippen LogP contribution < -0.4 is 0 Å². The third-order valence-corrected chi connectivity index (χ3v) is 6.04. The number of hydrogen-bond donors (Lipinski definition) is 0. The van der Waals surface area contributed by atoms with Crippen molar-refractivity contribution < 1.29 is 8.42 Å². The van der Waals surface area contributed by atoms with Crippen LogP contribution in [-0.2, 0) is 10.0 Å². The molecule has 2 aliphatic heterocycles. The molecule has 0 N–H and O–H groups in total. The summed E-state index contributed by atoms with van der Waals surface area (Å²) < 4.78 is 24.1. The number of sulfonamides is 1. The minimum absolute atomic E-state index is 0.220. The highest BCUT2D eigenvalue weighted by Crippen LogP contribution is 2.39. The Labute approximate surface area is 114 Å². The number of allylic oxidation sites excluding steroid dienone is 1. The Hall–Kier alpha value is -0.200. The molecule has 0 bridgehead atoms. The molecule has 0 unspecified atom stereocenters. The lowest BCUT2D eigenvalue weighted by Gasteiger charge is -2.39. The summed E-state index contributed by atoms with van der Waals surface area (Å²) in [6, 6.07) is 0. The van der Waals surface area contributed by atoms with E-state index in [1.807, 2.05) is 11.8 Å². The zero-order valence-electron chi connectivity index (χ0n) is 11.5. The first-order chi connectivity index (χ1) is 8.16. The van der Waals surface area contributed by atoms with Crippen molar-refractivity contribution in [2.75, 3.05) is 31.8 Å². The molecule has 0 spiro atoms. The summed E-state index contributed by atoms with van der Waals surface area (Å²) in [5.74, 6) is 1.48. The Morgan fingerprint density at radius 2 is 2.00 bits per heavy atom. The molecular weight excluding hydrogens is 268 g/mol. The van der Waals surface area contributed by atoms with Gasteiger partial charge in [-0.05, 0) is 5.41 Å².